The zero-order valence-electron chi connectivity index (χ0n) is 20.8. The molecule has 6 rings (SSSR count). The van der Waals surface area contributed by atoms with Gasteiger partial charge >= 0.3 is 0 Å². The van der Waals surface area contributed by atoms with E-state index < -0.39 is 0 Å². The van der Waals surface area contributed by atoms with Gasteiger partial charge in [-0.25, -0.2) is 9.97 Å². The van der Waals surface area contributed by atoms with Crippen LogP contribution in [0.3, 0.4) is 0 Å². The van der Waals surface area contributed by atoms with Crippen molar-refractivity contribution in [1.29, 1.82) is 0 Å². The number of hydrogen-bond donors (Lipinski definition) is 2. The van der Waals surface area contributed by atoms with Gasteiger partial charge < -0.3 is 15.2 Å². The van der Waals surface area contributed by atoms with Crippen LogP contribution < -0.4 is 10.1 Å². The maximum Gasteiger partial charge on any atom is 0.161 e. The number of rotatable bonds is 7. The zero-order valence-corrected chi connectivity index (χ0v) is 20.8. The van der Waals surface area contributed by atoms with Crippen LogP contribution in [0.2, 0.25) is 0 Å². The Morgan fingerprint density at radius 1 is 0.889 bits per heavy atom. The molecule has 4 heterocycles. The minimum absolute atomic E-state index is 0.437. The molecule has 2 aromatic carbocycles. The molecule has 0 aliphatic carbocycles. The molecular weight excluding hydrogens is 450 g/mol. The molecule has 0 amide bonds. The fourth-order valence-corrected chi connectivity index (χ4v) is 5.60. The number of anilines is 2. The van der Waals surface area contributed by atoms with E-state index in [1.54, 1.807) is 13.3 Å². The highest BCUT2D eigenvalue weighted by Gasteiger charge is 2.20. The highest BCUT2D eigenvalue weighted by atomic mass is 16.5. The molecule has 7 nitrogen and oxygen atoms in total. The predicted octanol–water partition coefficient (Wildman–Crippen LogP) is 5.43. The molecule has 186 valence electrons. The van der Waals surface area contributed by atoms with Crippen LogP contribution in [0.4, 0.5) is 11.4 Å². The average Bonchev–Trinajstić information content (AvgIpc) is 3.61. The molecule has 0 saturated carbocycles. The molecule has 2 aliphatic rings. The van der Waals surface area contributed by atoms with Crippen molar-refractivity contribution in [2.75, 3.05) is 38.6 Å². The minimum atomic E-state index is 0.437. The van der Waals surface area contributed by atoms with Gasteiger partial charge in [-0.3, -0.25) is 9.80 Å². The van der Waals surface area contributed by atoms with Gasteiger partial charge in [-0.2, -0.15) is 0 Å². The standard InChI is InChI=1S/C29H33N5O2/c1-36-23-8-9-26-25(17-23)27(24-7-6-10-30-29(24)32-26)31-22-15-20(18-33-11-2-3-12-33)28(35)21(16-22)19-34-13-4-5-14-34/h6-10,15-17,35H,2-5,11-14,18-19H2,1H3,(H,30,31,32). The van der Waals surface area contributed by atoms with Gasteiger partial charge in [-0.1, -0.05) is 0 Å². The second kappa shape index (κ2) is 9.91. The lowest BCUT2D eigenvalue weighted by atomic mass is 10.0. The smallest absolute Gasteiger partial charge is 0.161 e. The van der Waals surface area contributed by atoms with Gasteiger partial charge in [0, 0.05) is 46.9 Å². The van der Waals surface area contributed by atoms with E-state index in [0.717, 1.165) is 83.8 Å². The number of fused-ring (bicyclic) bond motifs is 2. The van der Waals surface area contributed by atoms with Crippen LogP contribution in [-0.4, -0.2) is 58.2 Å². The molecule has 2 saturated heterocycles. The third kappa shape index (κ3) is 4.56. The fraction of sp³-hybridized carbons (Fsp3) is 0.379. The Morgan fingerprint density at radius 2 is 1.56 bits per heavy atom. The Labute approximate surface area is 211 Å². The topological polar surface area (TPSA) is 73.8 Å². The van der Waals surface area contributed by atoms with Crippen LogP contribution >= 0.6 is 0 Å². The molecule has 2 fully saturated rings. The van der Waals surface area contributed by atoms with Crippen molar-refractivity contribution in [3.8, 4) is 11.5 Å². The van der Waals surface area contributed by atoms with Gasteiger partial charge in [0.25, 0.3) is 0 Å². The predicted molar refractivity (Wildman–Crippen MR) is 144 cm³/mol. The Bertz CT molecular complexity index is 1350. The normalized spacial score (nSPS) is 16.8. The number of nitrogens with zero attached hydrogens (tertiary/aromatic N) is 4. The summed E-state index contributed by atoms with van der Waals surface area (Å²) in [6, 6.07) is 14.1. The number of aromatic hydroxyl groups is 1. The van der Waals surface area contributed by atoms with Crippen LogP contribution in [0, 0.1) is 0 Å². The van der Waals surface area contributed by atoms with Crippen molar-refractivity contribution in [2.45, 2.75) is 38.8 Å². The lowest BCUT2D eigenvalue weighted by Crippen LogP contribution is -2.20. The molecule has 2 aliphatic heterocycles. The number of phenolic OH excluding ortho intramolecular Hbond substituents is 1. The van der Waals surface area contributed by atoms with Gasteiger partial charge in [-0.05, 0) is 94.3 Å². The van der Waals surface area contributed by atoms with Crippen LogP contribution in [-0.2, 0) is 13.1 Å². The lowest BCUT2D eigenvalue weighted by Gasteiger charge is -2.22. The molecule has 0 atom stereocenters. The first kappa shape index (κ1) is 23.0. The largest absolute Gasteiger partial charge is 0.507 e. The van der Waals surface area contributed by atoms with E-state index in [0.29, 0.717) is 11.4 Å². The number of hydrogen-bond acceptors (Lipinski definition) is 7. The number of methoxy groups -OCH3 is 1. The fourth-order valence-electron chi connectivity index (χ4n) is 5.60. The van der Waals surface area contributed by atoms with Crippen molar-refractivity contribution in [3.63, 3.8) is 0 Å². The van der Waals surface area contributed by atoms with Crippen molar-refractivity contribution in [1.82, 2.24) is 19.8 Å². The molecule has 2 N–H and O–H groups in total. The number of benzene rings is 2. The summed E-state index contributed by atoms with van der Waals surface area (Å²) in [4.78, 5) is 14.2. The molecule has 36 heavy (non-hydrogen) atoms. The summed E-state index contributed by atoms with van der Waals surface area (Å²) in [5.41, 5.74) is 5.44. The van der Waals surface area contributed by atoms with Gasteiger partial charge in [-0.15, -0.1) is 0 Å². The minimum Gasteiger partial charge on any atom is -0.507 e. The first-order valence-electron chi connectivity index (χ1n) is 13.0. The SMILES string of the molecule is COc1ccc2nc3ncccc3c(Nc3cc(CN4CCCC4)c(O)c(CN4CCCC4)c3)c2c1. The number of phenols is 1. The quantitative estimate of drug-likeness (QED) is 0.268. The summed E-state index contributed by atoms with van der Waals surface area (Å²) in [7, 11) is 1.68. The van der Waals surface area contributed by atoms with Crippen molar-refractivity contribution >= 4 is 33.3 Å². The van der Waals surface area contributed by atoms with Crippen molar-refractivity contribution < 1.29 is 9.84 Å². The maximum atomic E-state index is 11.3. The van der Waals surface area contributed by atoms with E-state index in [-0.39, 0.29) is 0 Å². The maximum absolute atomic E-state index is 11.3. The number of aromatic nitrogens is 2. The van der Waals surface area contributed by atoms with Gasteiger partial charge in [0.1, 0.15) is 11.5 Å². The van der Waals surface area contributed by atoms with E-state index in [9.17, 15) is 5.11 Å². The lowest BCUT2D eigenvalue weighted by molar-refractivity contribution is 0.312. The molecule has 2 aromatic heterocycles. The Morgan fingerprint density at radius 3 is 2.19 bits per heavy atom. The number of ether oxygens (including phenoxy) is 1. The third-order valence-corrected chi connectivity index (χ3v) is 7.48. The Kier molecular flexibility index (Phi) is 6.34. The molecule has 7 heteroatoms. The molecule has 0 radical (unpaired) electrons. The van der Waals surface area contributed by atoms with Crippen LogP contribution in [0.1, 0.15) is 36.8 Å². The van der Waals surface area contributed by atoms with E-state index >= 15 is 0 Å². The summed E-state index contributed by atoms with van der Waals surface area (Å²) < 4.78 is 5.53. The summed E-state index contributed by atoms with van der Waals surface area (Å²) in [6.45, 7) is 5.88. The van der Waals surface area contributed by atoms with Crippen LogP contribution in [0.5, 0.6) is 11.5 Å². The first-order chi connectivity index (χ1) is 17.7. The third-order valence-electron chi connectivity index (χ3n) is 7.48. The summed E-state index contributed by atoms with van der Waals surface area (Å²) in [5.74, 6) is 1.22. The monoisotopic (exact) mass is 483 g/mol. The van der Waals surface area contributed by atoms with Gasteiger partial charge in [0.2, 0.25) is 0 Å². The Balaban J connectivity index is 1.46. The molecular formula is C29H33N5O2. The van der Waals surface area contributed by atoms with Gasteiger partial charge in [0.05, 0.1) is 18.3 Å². The van der Waals surface area contributed by atoms with Crippen LogP contribution in [0.15, 0.2) is 48.7 Å². The van der Waals surface area contributed by atoms with E-state index in [1.165, 1.54) is 25.7 Å². The van der Waals surface area contributed by atoms with E-state index in [1.807, 2.05) is 30.3 Å². The van der Waals surface area contributed by atoms with Crippen molar-refractivity contribution in [2.24, 2.45) is 0 Å². The summed E-state index contributed by atoms with van der Waals surface area (Å²) in [6.07, 6.45) is 6.68. The molecule has 0 unspecified atom stereocenters. The number of likely N-dealkylation sites (tertiary alicyclic amines) is 2. The number of pyridine rings is 2. The molecule has 0 bridgehead atoms. The second-order valence-corrected chi connectivity index (χ2v) is 9.98. The average molecular weight is 484 g/mol. The highest BCUT2D eigenvalue weighted by Crippen LogP contribution is 2.37. The molecule has 0 spiro atoms. The molecule has 4 aromatic rings. The van der Waals surface area contributed by atoms with E-state index in [2.05, 4.69) is 32.2 Å². The zero-order chi connectivity index (χ0) is 24.5. The Hall–Kier alpha value is -3.42. The van der Waals surface area contributed by atoms with E-state index in [4.69, 9.17) is 9.72 Å². The van der Waals surface area contributed by atoms with Crippen molar-refractivity contribution in [3.05, 3.63) is 59.8 Å². The summed E-state index contributed by atoms with van der Waals surface area (Å²) in [5, 5.41) is 16.9. The number of nitrogens with one attached hydrogen (secondary N) is 1. The first-order valence-corrected chi connectivity index (χ1v) is 13.0. The summed E-state index contributed by atoms with van der Waals surface area (Å²) >= 11 is 0. The highest BCUT2D eigenvalue weighted by molar-refractivity contribution is 6.08. The van der Waals surface area contributed by atoms with Gasteiger partial charge in [0.15, 0.2) is 5.65 Å². The second-order valence-electron chi connectivity index (χ2n) is 9.98. The van der Waals surface area contributed by atoms with Crippen LogP contribution in [0.25, 0.3) is 21.9 Å².